The zero-order chi connectivity index (χ0) is 9.84. The Hall–Kier alpha value is -1.58. The van der Waals surface area contributed by atoms with E-state index >= 15 is 0 Å². The first-order valence-corrected chi connectivity index (χ1v) is 3.96. The molecular weight excluding hydrogens is 168 g/mol. The molecule has 0 aliphatic heterocycles. The van der Waals surface area contributed by atoms with Crippen molar-refractivity contribution >= 4 is 6.09 Å². The Labute approximate surface area is 76.9 Å². The highest BCUT2D eigenvalue weighted by molar-refractivity contribution is 5.69. The molecule has 1 aromatic heterocycles. The second kappa shape index (κ2) is 3.89. The summed E-state index contributed by atoms with van der Waals surface area (Å²) >= 11 is 0. The fourth-order valence-corrected chi connectivity index (χ4v) is 1.01. The summed E-state index contributed by atoms with van der Waals surface area (Å²) < 4.78 is 4.94. The summed E-state index contributed by atoms with van der Waals surface area (Å²) in [5.41, 5.74) is 1.66. The van der Waals surface area contributed by atoms with Crippen LogP contribution in [0.25, 0.3) is 0 Å². The maximum atomic E-state index is 10.9. The van der Waals surface area contributed by atoms with Crippen LogP contribution in [0.3, 0.4) is 0 Å². The first-order chi connectivity index (χ1) is 6.11. The lowest BCUT2D eigenvalue weighted by molar-refractivity contribution is 0.203. The summed E-state index contributed by atoms with van der Waals surface area (Å²) in [6.07, 6.45) is -0.468. The molecule has 1 amide bonds. The summed E-state index contributed by atoms with van der Waals surface area (Å²) in [6, 6.07) is 3.42. The summed E-state index contributed by atoms with van der Waals surface area (Å²) in [6.45, 7) is 3.70. The third-order valence-corrected chi connectivity index (χ3v) is 1.47. The third kappa shape index (κ3) is 2.74. The molecule has 0 saturated carbocycles. The maximum Gasteiger partial charge on any atom is 0.412 e. The highest BCUT2D eigenvalue weighted by atomic mass is 16.5. The predicted octanol–water partition coefficient (Wildman–Crippen LogP) is 1.42. The van der Waals surface area contributed by atoms with E-state index in [4.69, 9.17) is 4.74 Å². The van der Waals surface area contributed by atoms with E-state index in [9.17, 15) is 4.79 Å². The maximum absolute atomic E-state index is 10.9. The van der Waals surface area contributed by atoms with Gasteiger partial charge in [0.25, 0.3) is 0 Å². The van der Waals surface area contributed by atoms with Gasteiger partial charge >= 0.3 is 6.09 Å². The van der Waals surface area contributed by atoms with Gasteiger partial charge in [0.15, 0.2) is 0 Å². The van der Waals surface area contributed by atoms with Gasteiger partial charge in [0.1, 0.15) is 5.75 Å². The van der Waals surface area contributed by atoms with Crippen LogP contribution in [0.4, 0.5) is 4.79 Å². The topological polar surface area (TPSA) is 51.2 Å². The molecule has 1 aromatic rings. The Kier molecular flexibility index (Phi) is 2.84. The van der Waals surface area contributed by atoms with Gasteiger partial charge < -0.3 is 10.1 Å². The number of aryl methyl sites for hydroxylation is 2. The van der Waals surface area contributed by atoms with Crippen molar-refractivity contribution in [1.29, 1.82) is 0 Å². The normalized spacial score (nSPS) is 9.46. The van der Waals surface area contributed by atoms with E-state index in [-0.39, 0.29) is 0 Å². The van der Waals surface area contributed by atoms with E-state index in [0.29, 0.717) is 5.75 Å². The second-order valence-corrected chi connectivity index (χ2v) is 2.73. The molecular formula is C9H12N2O2. The Morgan fingerprint density at radius 3 is 2.38 bits per heavy atom. The standard InChI is InChI=1S/C9H12N2O2/c1-6-4-8(5-7(2)11-6)13-9(12)10-3/h4-5H,1-3H3,(H,10,12). The molecule has 0 aromatic carbocycles. The summed E-state index contributed by atoms with van der Waals surface area (Å²) in [4.78, 5) is 15.0. The van der Waals surface area contributed by atoms with Crippen molar-refractivity contribution in [3.8, 4) is 5.75 Å². The first-order valence-electron chi connectivity index (χ1n) is 3.96. The molecule has 70 valence electrons. The number of ether oxygens (including phenoxy) is 1. The van der Waals surface area contributed by atoms with E-state index in [1.165, 1.54) is 7.05 Å². The van der Waals surface area contributed by atoms with Crippen LogP contribution in [0.1, 0.15) is 11.4 Å². The van der Waals surface area contributed by atoms with Gasteiger partial charge in [0, 0.05) is 30.6 Å². The number of hydrogen-bond donors (Lipinski definition) is 1. The molecule has 0 bridgehead atoms. The molecule has 0 atom stereocenters. The Bertz CT molecular complexity index is 303. The van der Waals surface area contributed by atoms with Crippen molar-refractivity contribution in [3.05, 3.63) is 23.5 Å². The van der Waals surface area contributed by atoms with E-state index in [1.807, 2.05) is 13.8 Å². The van der Waals surface area contributed by atoms with Crippen LogP contribution < -0.4 is 10.1 Å². The lowest BCUT2D eigenvalue weighted by Crippen LogP contribution is -2.22. The van der Waals surface area contributed by atoms with E-state index in [1.54, 1.807) is 12.1 Å². The molecule has 13 heavy (non-hydrogen) atoms. The summed E-state index contributed by atoms with van der Waals surface area (Å²) in [5, 5.41) is 2.37. The predicted molar refractivity (Wildman–Crippen MR) is 48.8 cm³/mol. The molecule has 0 unspecified atom stereocenters. The van der Waals surface area contributed by atoms with Crippen molar-refractivity contribution in [2.24, 2.45) is 0 Å². The lowest BCUT2D eigenvalue weighted by atomic mass is 10.3. The van der Waals surface area contributed by atoms with Crippen LogP contribution in [0, 0.1) is 13.8 Å². The fourth-order valence-electron chi connectivity index (χ4n) is 1.01. The molecule has 0 spiro atoms. The smallest absolute Gasteiger partial charge is 0.410 e. The molecule has 0 fully saturated rings. The quantitative estimate of drug-likeness (QED) is 0.711. The van der Waals surface area contributed by atoms with Crippen molar-refractivity contribution in [3.63, 3.8) is 0 Å². The van der Waals surface area contributed by atoms with Crippen molar-refractivity contribution < 1.29 is 9.53 Å². The Balaban J connectivity index is 2.83. The number of hydrogen-bond acceptors (Lipinski definition) is 3. The molecule has 1 heterocycles. The highest BCUT2D eigenvalue weighted by Crippen LogP contribution is 2.13. The minimum absolute atomic E-state index is 0.468. The van der Waals surface area contributed by atoms with Crippen LogP contribution in [-0.4, -0.2) is 18.1 Å². The van der Waals surface area contributed by atoms with Gasteiger partial charge in [-0.05, 0) is 13.8 Å². The zero-order valence-electron chi connectivity index (χ0n) is 7.92. The fraction of sp³-hybridized carbons (Fsp3) is 0.333. The van der Waals surface area contributed by atoms with E-state index in [0.717, 1.165) is 11.4 Å². The number of nitrogens with zero attached hydrogens (tertiary/aromatic N) is 1. The summed E-state index contributed by atoms with van der Waals surface area (Å²) in [7, 11) is 1.52. The van der Waals surface area contributed by atoms with Gasteiger partial charge in [-0.2, -0.15) is 0 Å². The summed E-state index contributed by atoms with van der Waals surface area (Å²) in [5.74, 6) is 0.518. The zero-order valence-corrected chi connectivity index (χ0v) is 7.92. The van der Waals surface area contributed by atoms with E-state index in [2.05, 4.69) is 10.3 Å². The van der Waals surface area contributed by atoms with Crippen LogP contribution in [0.15, 0.2) is 12.1 Å². The SMILES string of the molecule is CNC(=O)Oc1cc(C)nc(C)c1. The van der Waals surface area contributed by atoms with Crippen LogP contribution in [-0.2, 0) is 0 Å². The first kappa shape index (κ1) is 9.51. The molecule has 4 heteroatoms. The second-order valence-electron chi connectivity index (χ2n) is 2.73. The molecule has 1 rings (SSSR count). The number of pyridine rings is 1. The lowest BCUT2D eigenvalue weighted by Gasteiger charge is -2.04. The number of rotatable bonds is 1. The number of amides is 1. The number of nitrogens with one attached hydrogen (secondary N) is 1. The van der Waals surface area contributed by atoms with E-state index < -0.39 is 6.09 Å². The van der Waals surface area contributed by atoms with Crippen LogP contribution in [0.2, 0.25) is 0 Å². The monoisotopic (exact) mass is 180 g/mol. The highest BCUT2D eigenvalue weighted by Gasteiger charge is 2.02. The van der Waals surface area contributed by atoms with Crippen LogP contribution in [0.5, 0.6) is 5.75 Å². The minimum atomic E-state index is -0.468. The number of aromatic nitrogens is 1. The Morgan fingerprint density at radius 2 is 1.92 bits per heavy atom. The van der Waals surface area contributed by atoms with Gasteiger partial charge in [-0.15, -0.1) is 0 Å². The molecule has 1 N–H and O–H groups in total. The van der Waals surface area contributed by atoms with Crippen molar-refractivity contribution in [1.82, 2.24) is 10.3 Å². The molecule has 0 aliphatic carbocycles. The van der Waals surface area contributed by atoms with Gasteiger partial charge in [-0.25, -0.2) is 4.79 Å². The number of carbonyl (C=O) groups excluding carboxylic acids is 1. The van der Waals surface area contributed by atoms with Gasteiger partial charge in [0.05, 0.1) is 0 Å². The third-order valence-electron chi connectivity index (χ3n) is 1.47. The number of carbonyl (C=O) groups is 1. The average Bonchev–Trinajstić information content (AvgIpc) is 2.02. The molecule has 0 saturated heterocycles. The molecule has 0 radical (unpaired) electrons. The average molecular weight is 180 g/mol. The van der Waals surface area contributed by atoms with Gasteiger partial charge in [-0.1, -0.05) is 0 Å². The minimum Gasteiger partial charge on any atom is -0.410 e. The van der Waals surface area contributed by atoms with Gasteiger partial charge in [-0.3, -0.25) is 4.98 Å². The van der Waals surface area contributed by atoms with Crippen LogP contribution >= 0.6 is 0 Å². The molecule has 0 aliphatic rings. The molecule has 4 nitrogen and oxygen atoms in total. The largest absolute Gasteiger partial charge is 0.412 e. The van der Waals surface area contributed by atoms with Crippen molar-refractivity contribution in [2.75, 3.05) is 7.05 Å². The van der Waals surface area contributed by atoms with Gasteiger partial charge in [0.2, 0.25) is 0 Å². The Morgan fingerprint density at radius 1 is 1.38 bits per heavy atom. The van der Waals surface area contributed by atoms with Crippen molar-refractivity contribution in [2.45, 2.75) is 13.8 Å².